The molecular weight excluding hydrogens is 280 g/mol. The number of nitrogens with zero attached hydrogens (tertiary/aromatic N) is 2. The third-order valence-electron chi connectivity index (χ3n) is 2.37. The normalized spacial score (nSPS) is 10.2. The van der Waals surface area contributed by atoms with Crippen molar-refractivity contribution in [3.05, 3.63) is 29.8 Å². The van der Waals surface area contributed by atoms with Crippen molar-refractivity contribution in [2.24, 2.45) is 0 Å². The second-order valence-corrected chi connectivity index (χ2v) is 4.78. The number of rotatable bonds is 4. The number of benzene rings is 1. The van der Waals surface area contributed by atoms with E-state index in [-0.39, 0.29) is 22.4 Å². The Bertz CT molecular complexity index is 643. The number of nitrogens with two attached hydrogens (primary N) is 2. The van der Waals surface area contributed by atoms with Gasteiger partial charge in [-0.15, -0.1) is 0 Å². The quantitative estimate of drug-likeness (QED) is 0.724. The third kappa shape index (κ3) is 3.09. The SMILES string of the molecule is COc1ccc(C(=O)O)c(Sc2nc(N)cc(N)n2)c1. The predicted molar refractivity (Wildman–Crippen MR) is 74.9 cm³/mol. The average Bonchev–Trinajstić information content (AvgIpc) is 2.37. The number of ether oxygens (including phenoxy) is 1. The van der Waals surface area contributed by atoms with Gasteiger partial charge in [-0.1, -0.05) is 0 Å². The van der Waals surface area contributed by atoms with Crippen LogP contribution in [0.25, 0.3) is 0 Å². The maximum absolute atomic E-state index is 11.2. The lowest BCUT2D eigenvalue weighted by Gasteiger charge is -2.08. The number of aromatic nitrogens is 2. The third-order valence-corrected chi connectivity index (χ3v) is 3.29. The Kier molecular flexibility index (Phi) is 3.94. The summed E-state index contributed by atoms with van der Waals surface area (Å²) in [4.78, 5) is 19.6. The van der Waals surface area contributed by atoms with E-state index in [1.807, 2.05) is 0 Å². The Morgan fingerprint density at radius 2 is 1.90 bits per heavy atom. The van der Waals surface area contributed by atoms with Gasteiger partial charge in [0.25, 0.3) is 0 Å². The fraction of sp³-hybridized carbons (Fsp3) is 0.0833. The summed E-state index contributed by atoms with van der Waals surface area (Å²) >= 11 is 1.06. The minimum Gasteiger partial charge on any atom is -0.497 e. The zero-order valence-corrected chi connectivity index (χ0v) is 11.3. The van der Waals surface area contributed by atoms with Crippen molar-refractivity contribution >= 4 is 29.4 Å². The first-order valence-electron chi connectivity index (χ1n) is 5.49. The van der Waals surface area contributed by atoms with Crippen LogP contribution < -0.4 is 16.2 Å². The van der Waals surface area contributed by atoms with Gasteiger partial charge in [0.1, 0.15) is 17.4 Å². The van der Waals surface area contributed by atoms with Crippen LogP contribution >= 0.6 is 11.8 Å². The highest BCUT2D eigenvalue weighted by Gasteiger charge is 2.14. The first kappa shape index (κ1) is 13.9. The van der Waals surface area contributed by atoms with Gasteiger partial charge in [0.2, 0.25) is 0 Å². The number of aromatic carboxylic acids is 1. The first-order valence-corrected chi connectivity index (χ1v) is 6.30. The Morgan fingerprint density at radius 3 is 2.45 bits per heavy atom. The van der Waals surface area contributed by atoms with Crippen LogP contribution in [0.3, 0.4) is 0 Å². The van der Waals surface area contributed by atoms with Crippen LogP contribution in [0.1, 0.15) is 10.4 Å². The zero-order chi connectivity index (χ0) is 14.7. The van der Waals surface area contributed by atoms with Gasteiger partial charge in [0.05, 0.1) is 12.7 Å². The van der Waals surface area contributed by atoms with Crippen LogP contribution in [0.5, 0.6) is 5.75 Å². The zero-order valence-electron chi connectivity index (χ0n) is 10.5. The van der Waals surface area contributed by atoms with Gasteiger partial charge in [0, 0.05) is 11.0 Å². The molecule has 1 aromatic carbocycles. The summed E-state index contributed by atoms with van der Waals surface area (Å²) in [5.74, 6) is -0.0686. The van der Waals surface area contributed by atoms with E-state index in [0.717, 1.165) is 11.8 Å². The number of hydrogen-bond acceptors (Lipinski definition) is 7. The summed E-state index contributed by atoms with van der Waals surface area (Å²) in [5, 5.41) is 9.45. The summed E-state index contributed by atoms with van der Waals surface area (Å²) in [5.41, 5.74) is 11.3. The predicted octanol–water partition coefficient (Wildman–Crippen LogP) is 1.50. The second kappa shape index (κ2) is 5.66. The standard InChI is InChI=1S/C12H12N4O3S/c1-19-6-2-3-7(11(17)18)8(4-6)20-12-15-9(13)5-10(14)16-12/h2-5H,1H3,(H,17,18)(H4,13,14,15,16). The molecule has 0 atom stereocenters. The molecule has 1 heterocycles. The van der Waals surface area contributed by atoms with Crippen LogP contribution in [0.15, 0.2) is 34.3 Å². The average molecular weight is 292 g/mol. The smallest absolute Gasteiger partial charge is 0.336 e. The highest BCUT2D eigenvalue weighted by molar-refractivity contribution is 7.99. The fourth-order valence-corrected chi connectivity index (χ4v) is 2.44. The molecule has 0 aliphatic heterocycles. The number of carboxylic acid groups (broad SMARTS) is 1. The molecule has 2 aromatic rings. The van der Waals surface area contributed by atoms with Crippen LogP contribution in [-0.2, 0) is 0 Å². The van der Waals surface area contributed by atoms with Crippen molar-refractivity contribution in [3.8, 4) is 5.75 Å². The van der Waals surface area contributed by atoms with E-state index in [2.05, 4.69) is 9.97 Å². The number of carbonyl (C=O) groups is 1. The molecule has 104 valence electrons. The van der Waals surface area contributed by atoms with Gasteiger partial charge in [0.15, 0.2) is 5.16 Å². The van der Waals surface area contributed by atoms with Crippen LogP contribution in [0.2, 0.25) is 0 Å². The van der Waals surface area contributed by atoms with Crippen molar-refractivity contribution in [1.29, 1.82) is 0 Å². The number of hydrogen-bond donors (Lipinski definition) is 3. The van der Waals surface area contributed by atoms with E-state index in [0.29, 0.717) is 10.6 Å². The minimum atomic E-state index is -1.05. The van der Waals surface area contributed by atoms with Crippen LogP contribution in [0.4, 0.5) is 11.6 Å². The molecule has 0 saturated heterocycles. The second-order valence-electron chi connectivity index (χ2n) is 3.77. The Hall–Kier alpha value is -2.48. The van der Waals surface area contributed by atoms with E-state index < -0.39 is 5.97 Å². The summed E-state index contributed by atoms with van der Waals surface area (Å²) in [6, 6.07) is 6.05. The lowest BCUT2D eigenvalue weighted by atomic mass is 10.2. The van der Waals surface area contributed by atoms with Gasteiger partial charge in [-0.25, -0.2) is 14.8 Å². The highest BCUT2D eigenvalue weighted by Crippen LogP contribution is 2.32. The number of nitrogen functional groups attached to an aromatic ring is 2. The van der Waals surface area contributed by atoms with E-state index in [1.54, 1.807) is 12.1 Å². The van der Waals surface area contributed by atoms with E-state index in [1.165, 1.54) is 19.2 Å². The van der Waals surface area contributed by atoms with Crippen molar-refractivity contribution in [2.75, 3.05) is 18.6 Å². The van der Waals surface area contributed by atoms with E-state index in [4.69, 9.17) is 16.2 Å². The van der Waals surface area contributed by atoms with Gasteiger partial charge < -0.3 is 21.3 Å². The monoisotopic (exact) mass is 292 g/mol. The summed E-state index contributed by atoms with van der Waals surface area (Å²) in [7, 11) is 1.50. The first-order chi connectivity index (χ1) is 9.49. The maximum Gasteiger partial charge on any atom is 0.336 e. The molecule has 0 spiro atoms. The van der Waals surface area contributed by atoms with Gasteiger partial charge in [-0.05, 0) is 30.0 Å². The summed E-state index contributed by atoms with van der Waals surface area (Å²) < 4.78 is 5.08. The highest BCUT2D eigenvalue weighted by atomic mass is 32.2. The topological polar surface area (TPSA) is 124 Å². The Morgan fingerprint density at radius 1 is 1.25 bits per heavy atom. The van der Waals surface area contributed by atoms with Crippen LogP contribution in [-0.4, -0.2) is 28.2 Å². The molecule has 20 heavy (non-hydrogen) atoms. The summed E-state index contributed by atoms with van der Waals surface area (Å²) in [6.07, 6.45) is 0. The molecule has 7 nitrogen and oxygen atoms in total. The minimum absolute atomic E-state index is 0.125. The molecule has 2 rings (SSSR count). The molecule has 0 saturated carbocycles. The van der Waals surface area contributed by atoms with Crippen molar-refractivity contribution in [2.45, 2.75) is 10.1 Å². The van der Waals surface area contributed by atoms with E-state index >= 15 is 0 Å². The van der Waals surface area contributed by atoms with Crippen molar-refractivity contribution in [1.82, 2.24) is 9.97 Å². The van der Waals surface area contributed by atoms with Gasteiger partial charge >= 0.3 is 5.97 Å². The Labute approximate surface area is 119 Å². The largest absolute Gasteiger partial charge is 0.497 e. The van der Waals surface area contributed by atoms with Gasteiger partial charge in [-0.2, -0.15) is 0 Å². The molecule has 0 amide bonds. The molecule has 8 heteroatoms. The molecule has 0 unspecified atom stereocenters. The number of anilines is 2. The Balaban J connectivity index is 2.42. The molecule has 0 bridgehead atoms. The number of methoxy groups -OCH3 is 1. The number of carboxylic acids is 1. The molecule has 1 aromatic heterocycles. The van der Waals surface area contributed by atoms with E-state index in [9.17, 15) is 9.90 Å². The molecular formula is C12H12N4O3S. The molecule has 0 radical (unpaired) electrons. The lowest BCUT2D eigenvalue weighted by Crippen LogP contribution is -2.02. The molecule has 0 aliphatic carbocycles. The van der Waals surface area contributed by atoms with Crippen LogP contribution in [0, 0.1) is 0 Å². The molecule has 5 N–H and O–H groups in total. The van der Waals surface area contributed by atoms with Crippen molar-refractivity contribution < 1.29 is 14.6 Å². The lowest BCUT2D eigenvalue weighted by molar-refractivity contribution is 0.0693. The maximum atomic E-state index is 11.2. The summed E-state index contributed by atoms with van der Waals surface area (Å²) in [6.45, 7) is 0. The molecule has 0 aliphatic rings. The molecule has 0 fully saturated rings. The fourth-order valence-electron chi connectivity index (χ4n) is 1.50. The van der Waals surface area contributed by atoms with Gasteiger partial charge in [-0.3, -0.25) is 0 Å². The van der Waals surface area contributed by atoms with Crippen molar-refractivity contribution in [3.63, 3.8) is 0 Å².